The molecule has 0 N–H and O–H groups in total. The fraction of sp³-hybridized carbons (Fsp3) is 0.292. The highest BCUT2D eigenvalue weighted by molar-refractivity contribution is 9.10. The van der Waals surface area contributed by atoms with Gasteiger partial charge in [0.25, 0.3) is 5.56 Å². The molecule has 178 valence electrons. The van der Waals surface area contributed by atoms with Crippen LogP contribution in [0.15, 0.2) is 60.5 Å². The molecule has 10 heteroatoms. The third-order valence-corrected chi connectivity index (χ3v) is 6.89. The third kappa shape index (κ3) is 4.64. The molecule has 0 saturated heterocycles. The summed E-state index contributed by atoms with van der Waals surface area (Å²) in [6.07, 6.45) is 2.97. The van der Waals surface area contributed by atoms with E-state index in [9.17, 15) is 9.59 Å². The van der Waals surface area contributed by atoms with E-state index in [-0.39, 0.29) is 12.2 Å². The number of carbonyl (C=O) groups excluding carboxylic acids is 1. The van der Waals surface area contributed by atoms with E-state index in [0.717, 1.165) is 6.42 Å². The Morgan fingerprint density at radius 2 is 2.12 bits per heavy atom. The topological polar surface area (TPSA) is 83.0 Å². The molecule has 2 aromatic heterocycles. The standard InChI is InChI=1S/C24H22BrClN2O5S/c1-4-6-16-20(23(30)32-5-2)21(15-11-13(26)7-9-17(15)31-3)28-22(29)18(34-24(28)27-16)12-14-8-10-19(25)33-14/h7-12,21H,4-6H2,1-3H3/b18-12+/t21-/m0/s1. The fourth-order valence-electron chi connectivity index (χ4n) is 3.87. The third-order valence-electron chi connectivity index (χ3n) is 5.25. The van der Waals surface area contributed by atoms with Gasteiger partial charge in [0.05, 0.1) is 29.5 Å². The zero-order chi connectivity index (χ0) is 24.4. The molecule has 3 aromatic rings. The van der Waals surface area contributed by atoms with E-state index < -0.39 is 12.0 Å². The van der Waals surface area contributed by atoms with Crippen molar-refractivity contribution in [3.05, 3.63) is 82.3 Å². The van der Waals surface area contributed by atoms with Gasteiger partial charge in [-0.2, -0.15) is 0 Å². The Balaban J connectivity index is 2.05. The van der Waals surface area contributed by atoms with Crippen molar-refractivity contribution in [1.82, 2.24) is 4.57 Å². The molecule has 0 unspecified atom stereocenters. The van der Waals surface area contributed by atoms with Crippen molar-refractivity contribution in [3.63, 3.8) is 0 Å². The van der Waals surface area contributed by atoms with Crippen LogP contribution in [-0.2, 0) is 9.53 Å². The monoisotopic (exact) mass is 564 g/mol. The first-order valence-electron chi connectivity index (χ1n) is 10.7. The maximum absolute atomic E-state index is 13.7. The summed E-state index contributed by atoms with van der Waals surface area (Å²) in [6.45, 7) is 3.94. The van der Waals surface area contributed by atoms with E-state index in [0.29, 0.717) is 53.8 Å². The zero-order valence-corrected chi connectivity index (χ0v) is 21.9. The van der Waals surface area contributed by atoms with Crippen molar-refractivity contribution in [3.8, 4) is 5.75 Å². The molecule has 0 bridgehead atoms. The second-order valence-corrected chi connectivity index (χ2v) is 9.67. The van der Waals surface area contributed by atoms with E-state index >= 15 is 0 Å². The molecule has 34 heavy (non-hydrogen) atoms. The minimum absolute atomic E-state index is 0.193. The fourth-order valence-corrected chi connectivity index (χ4v) is 5.37. The van der Waals surface area contributed by atoms with Gasteiger partial charge < -0.3 is 13.9 Å². The summed E-state index contributed by atoms with van der Waals surface area (Å²) in [5.74, 6) is 0.497. The highest BCUT2D eigenvalue weighted by atomic mass is 79.9. The van der Waals surface area contributed by atoms with Gasteiger partial charge in [0, 0.05) is 16.7 Å². The van der Waals surface area contributed by atoms with Crippen LogP contribution in [0.1, 0.15) is 44.1 Å². The summed E-state index contributed by atoms with van der Waals surface area (Å²) in [4.78, 5) is 32.1. The van der Waals surface area contributed by atoms with E-state index in [4.69, 9.17) is 30.5 Å². The first-order valence-corrected chi connectivity index (χ1v) is 12.7. The molecular formula is C24H22BrClN2O5S. The molecule has 7 nitrogen and oxygen atoms in total. The lowest BCUT2D eigenvalue weighted by molar-refractivity contribution is -0.139. The number of furan rings is 1. The second-order valence-electron chi connectivity index (χ2n) is 7.44. The smallest absolute Gasteiger partial charge is 0.338 e. The highest BCUT2D eigenvalue weighted by Crippen LogP contribution is 2.38. The molecule has 1 aliphatic heterocycles. The lowest BCUT2D eigenvalue weighted by Gasteiger charge is -2.27. The molecule has 4 rings (SSSR count). The van der Waals surface area contributed by atoms with Crippen molar-refractivity contribution in [2.45, 2.75) is 32.7 Å². The van der Waals surface area contributed by atoms with E-state index in [1.807, 2.05) is 6.92 Å². The Morgan fingerprint density at radius 3 is 2.76 bits per heavy atom. The van der Waals surface area contributed by atoms with Crippen LogP contribution in [0.3, 0.4) is 0 Å². The molecule has 1 atom stereocenters. The van der Waals surface area contributed by atoms with Crippen LogP contribution in [0.4, 0.5) is 0 Å². The zero-order valence-electron chi connectivity index (χ0n) is 18.8. The minimum atomic E-state index is -0.809. The van der Waals surface area contributed by atoms with Crippen molar-refractivity contribution >= 4 is 50.9 Å². The van der Waals surface area contributed by atoms with Gasteiger partial charge in [-0.1, -0.05) is 36.3 Å². The molecule has 0 spiro atoms. The number of rotatable bonds is 7. The number of thiazole rings is 1. The van der Waals surface area contributed by atoms with E-state index in [2.05, 4.69) is 15.9 Å². The molecule has 1 aliphatic rings. The molecule has 0 amide bonds. The number of benzene rings is 1. The van der Waals surface area contributed by atoms with Gasteiger partial charge in [-0.3, -0.25) is 9.36 Å². The summed E-state index contributed by atoms with van der Waals surface area (Å²) < 4.78 is 19.0. The van der Waals surface area contributed by atoms with Gasteiger partial charge in [0.15, 0.2) is 9.47 Å². The summed E-state index contributed by atoms with van der Waals surface area (Å²) in [5, 5.41) is 0.454. The molecular weight excluding hydrogens is 544 g/mol. The number of aromatic nitrogens is 1. The van der Waals surface area contributed by atoms with Gasteiger partial charge in [-0.15, -0.1) is 0 Å². The van der Waals surface area contributed by atoms with Gasteiger partial charge >= 0.3 is 5.97 Å². The first kappa shape index (κ1) is 24.5. The predicted octanol–water partition coefficient (Wildman–Crippen LogP) is 4.60. The molecule has 0 aliphatic carbocycles. The lowest BCUT2D eigenvalue weighted by Crippen LogP contribution is -2.40. The van der Waals surface area contributed by atoms with E-state index in [1.54, 1.807) is 43.3 Å². The van der Waals surface area contributed by atoms with Gasteiger partial charge in [0.1, 0.15) is 17.6 Å². The van der Waals surface area contributed by atoms with Crippen LogP contribution in [0.2, 0.25) is 5.02 Å². The molecule has 0 fully saturated rings. The Bertz CT molecular complexity index is 1450. The average molecular weight is 566 g/mol. The number of esters is 1. The predicted molar refractivity (Wildman–Crippen MR) is 134 cm³/mol. The molecule has 3 heterocycles. The molecule has 1 aromatic carbocycles. The number of halogens is 2. The number of hydrogen-bond acceptors (Lipinski definition) is 7. The maximum Gasteiger partial charge on any atom is 0.338 e. The van der Waals surface area contributed by atoms with Gasteiger partial charge in [-0.05, 0) is 59.6 Å². The Morgan fingerprint density at radius 1 is 1.32 bits per heavy atom. The van der Waals surface area contributed by atoms with Gasteiger partial charge in [0.2, 0.25) is 0 Å². The van der Waals surface area contributed by atoms with Crippen molar-refractivity contribution in [1.29, 1.82) is 0 Å². The van der Waals surface area contributed by atoms with Crippen molar-refractivity contribution < 1.29 is 18.7 Å². The summed E-state index contributed by atoms with van der Waals surface area (Å²) in [5.41, 5.74) is 1.17. The number of allylic oxidation sites excluding steroid dienone is 1. The minimum Gasteiger partial charge on any atom is -0.496 e. The van der Waals surface area contributed by atoms with Crippen LogP contribution in [0.25, 0.3) is 6.08 Å². The number of hydrogen-bond donors (Lipinski definition) is 0. The van der Waals surface area contributed by atoms with Crippen LogP contribution in [0.5, 0.6) is 5.75 Å². The summed E-state index contributed by atoms with van der Waals surface area (Å²) >= 11 is 10.9. The second kappa shape index (κ2) is 10.3. The van der Waals surface area contributed by atoms with Crippen LogP contribution < -0.4 is 19.6 Å². The van der Waals surface area contributed by atoms with Crippen LogP contribution in [0, 0.1) is 0 Å². The van der Waals surface area contributed by atoms with Crippen LogP contribution in [-0.4, -0.2) is 24.3 Å². The Kier molecular flexibility index (Phi) is 7.45. The summed E-state index contributed by atoms with van der Waals surface area (Å²) in [6, 6.07) is 7.82. The van der Waals surface area contributed by atoms with Crippen LogP contribution >= 0.6 is 38.9 Å². The maximum atomic E-state index is 13.7. The SMILES string of the molecule is CCCC1=C(C(=O)OCC)[C@H](c2cc(Cl)ccc2OC)n2c(s/c(=C/c3ccc(Br)o3)c2=O)=N1. The quantitative estimate of drug-likeness (QED) is 0.391. The Labute approximate surface area is 213 Å². The normalized spacial score (nSPS) is 15.8. The van der Waals surface area contributed by atoms with Crippen molar-refractivity contribution in [2.75, 3.05) is 13.7 Å². The highest BCUT2D eigenvalue weighted by Gasteiger charge is 2.36. The molecule has 0 saturated carbocycles. The first-order chi connectivity index (χ1) is 16.4. The largest absolute Gasteiger partial charge is 0.496 e. The number of ether oxygens (including phenoxy) is 2. The number of carbonyl (C=O) groups is 1. The Hall–Kier alpha value is -2.62. The molecule has 0 radical (unpaired) electrons. The van der Waals surface area contributed by atoms with Crippen molar-refractivity contribution in [2.24, 2.45) is 4.99 Å². The number of nitrogens with zero attached hydrogens (tertiary/aromatic N) is 2. The number of fused-ring (bicyclic) bond motifs is 1. The average Bonchev–Trinajstić information content (AvgIpc) is 3.35. The lowest BCUT2D eigenvalue weighted by atomic mass is 9.93. The van der Waals surface area contributed by atoms with Gasteiger partial charge in [-0.25, -0.2) is 9.79 Å². The summed E-state index contributed by atoms with van der Waals surface area (Å²) in [7, 11) is 1.53. The van der Waals surface area contributed by atoms with E-state index in [1.165, 1.54) is 23.0 Å². The number of methoxy groups -OCH3 is 1.